The number of anilines is 1. The maximum atomic E-state index is 6.05. The minimum Gasteiger partial charge on any atom is -0.240 e. The summed E-state index contributed by atoms with van der Waals surface area (Å²) in [6.07, 6.45) is 6.55. The summed E-state index contributed by atoms with van der Waals surface area (Å²) in [6.45, 7) is 0. The van der Waals surface area contributed by atoms with E-state index in [1.807, 2.05) is 30.6 Å². The minimum atomic E-state index is 0.526. The van der Waals surface area contributed by atoms with E-state index in [0.29, 0.717) is 10.0 Å². The first-order valence-electron chi connectivity index (χ1n) is 4.21. The summed E-state index contributed by atoms with van der Waals surface area (Å²) in [4.78, 5) is 0. The average Bonchev–Trinajstić information content (AvgIpc) is 2.23. The third-order valence-corrected chi connectivity index (χ3v) is 2.68. The van der Waals surface area contributed by atoms with E-state index in [0.717, 1.165) is 12.1 Å². The largest absolute Gasteiger partial charge is 0.240 e. The molecule has 2 nitrogen and oxygen atoms in total. The van der Waals surface area contributed by atoms with Gasteiger partial charge in [0.25, 0.3) is 0 Å². The molecule has 0 spiro atoms. The lowest BCUT2D eigenvalue weighted by atomic mass is 10.3. The third-order valence-electron chi connectivity index (χ3n) is 1.87. The highest BCUT2D eigenvalue weighted by molar-refractivity contribution is 6.43. The zero-order valence-corrected chi connectivity index (χ0v) is 8.83. The van der Waals surface area contributed by atoms with Crippen LogP contribution in [0, 0.1) is 0 Å². The second kappa shape index (κ2) is 4.03. The standard InChI is InChI=1S/C10H8Cl2N2/c11-8-4-3-5-9(10(8)12)14-7-2-1-6-13-14/h2-7H,1H2. The number of benzene rings is 1. The SMILES string of the molecule is Clc1cccc(N2C=CCC=N2)c1Cl. The van der Waals surface area contributed by atoms with Crippen molar-refractivity contribution < 1.29 is 0 Å². The Bertz CT molecular complexity index is 387. The van der Waals surface area contributed by atoms with Crippen LogP contribution in [0.3, 0.4) is 0 Å². The Labute approximate surface area is 92.4 Å². The second-order valence-electron chi connectivity index (χ2n) is 2.84. The van der Waals surface area contributed by atoms with Gasteiger partial charge in [-0.15, -0.1) is 0 Å². The van der Waals surface area contributed by atoms with Crippen molar-refractivity contribution in [2.45, 2.75) is 6.42 Å². The van der Waals surface area contributed by atoms with Crippen molar-refractivity contribution >= 4 is 35.1 Å². The molecule has 1 aromatic rings. The fraction of sp³-hybridized carbons (Fsp3) is 0.100. The van der Waals surface area contributed by atoms with E-state index < -0.39 is 0 Å². The predicted octanol–water partition coefficient (Wildman–Crippen LogP) is 3.70. The Hall–Kier alpha value is -0.990. The first kappa shape index (κ1) is 9.56. The summed E-state index contributed by atoms with van der Waals surface area (Å²) in [5.41, 5.74) is 0.798. The molecule has 0 bridgehead atoms. The Morgan fingerprint density at radius 3 is 2.86 bits per heavy atom. The molecule has 0 amide bonds. The van der Waals surface area contributed by atoms with Crippen LogP contribution in [0.1, 0.15) is 6.42 Å². The van der Waals surface area contributed by atoms with Gasteiger partial charge in [-0.1, -0.05) is 35.3 Å². The quantitative estimate of drug-likeness (QED) is 0.714. The molecule has 1 heterocycles. The van der Waals surface area contributed by atoms with Gasteiger partial charge in [0.2, 0.25) is 0 Å². The smallest absolute Gasteiger partial charge is 0.0849 e. The Morgan fingerprint density at radius 2 is 2.14 bits per heavy atom. The van der Waals surface area contributed by atoms with Crippen molar-refractivity contribution in [3.05, 3.63) is 40.5 Å². The second-order valence-corrected chi connectivity index (χ2v) is 3.62. The highest BCUT2D eigenvalue weighted by atomic mass is 35.5. The molecule has 1 aliphatic heterocycles. The molecule has 0 unspecified atom stereocenters. The summed E-state index contributed by atoms with van der Waals surface area (Å²) in [7, 11) is 0. The zero-order chi connectivity index (χ0) is 9.97. The molecule has 1 aromatic carbocycles. The van der Waals surface area contributed by atoms with Crippen molar-refractivity contribution in [1.82, 2.24) is 0 Å². The van der Waals surface area contributed by atoms with Crippen molar-refractivity contribution in [3.63, 3.8) is 0 Å². The van der Waals surface area contributed by atoms with Crippen LogP contribution in [0.25, 0.3) is 0 Å². The van der Waals surface area contributed by atoms with Crippen LogP contribution in [0.4, 0.5) is 5.69 Å². The summed E-state index contributed by atoms with van der Waals surface area (Å²) in [5.74, 6) is 0. The van der Waals surface area contributed by atoms with Gasteiger partial charge in [0, 0.05) is 18.8 Å². The van der Waals surface area contributed by atoms with Gasteiger partial charge in [0.05, 0.1) is 15.7 Å². The van der Waals surface area contributed by atoms with Crippen LogP contribution in [-0.2, 0) is 0 Å². The van der Waals surface area contributed by atoms with Crippen LogP contribution in [0.2, 0.25) is 10.0 Å². The molecule has 0 saturated heterocycles. The van der Waals surface area contributed by atoms with Gasteiger partial charge in [-0.25, -0.2) is 5.01 Å². The Kier molecular flexibility index (Phi) is 2.75. The molecule has 4 heteroatoms. The number of allylic oxidation sites excluding steroid dienone is 1. The van der Waals surface area contributed by atoms with Gasteiger partial charge in [0.1, 0.15) is 0 Å². The number of halogens is 2. The number of nitrogens with zero attached hydrogens (tertiary/aromatic N) is 2. The number of hydrogen-bond donors (Lipinski definition) is 0. The van der Waals surface area contributed by atoms with Crippen LogP contribution < -0.4 is 5.01 Å². The van der Waals surface area contributed by atoms with Crippen LogP contribution in [-0.4, -0.2) is 6.21 Å². The van der Waals surface area contributed by atoms with Crippen LogP contribution in [0.15, 0.2) is 35.6 Å². The summed E-state index contributed by atoms with van der Waals surface area (Å²) >= 11 is 11.9. The lowest BCUT2D eigenvalue weighted by Gasteiger charge is -2.18. The summed E-state index contributed by atoms with van der Waals surface area (Å²) in [5, 5.41) is 6.95. The first-order valence-corrected chi connectivity index (χ1v) is 4.97. The van der Waals surface area contributed by atoms with E-state index in [1.165, 1.54) is 0 Å². The average molecular weight is 227 g/mol. The molecule has 1 aliphatic rings. The molecule has 0 radical (unpaired) electrons. The minimum absolute atomic E-state index is 0.526. The lowest BCUT2D eigenvalue weighted by molar-refractivity contribution is 1.05. The molecular weight excluding hydrogens is 219 g/mol. The Morgan fingerprint density at radius 1 is 1.29 bits per heavy atom. The van der Waals surface area contributed by atoms with Crippen molar-refractivity contribution in [3.8, 4) is 0 Å². The van der Waals surface area contributed by atoms with Gasteiger partial charge in [-0.05, 0) is 12.1 Å². The topological polar surface area (TPSA) is 15.6 Å². The number of hydrogen-bond acceptors (Lipinski definition) is 2. The van der Waals surface area contributed by atoms with Gasteiger partial charge >= 0.3 is 0 Å². The monoisotopic (exact) mass is 226 g/mol. The van der Waals surface area contributed by atoms with E-state index in [-0.39, 0.29) is 0 Å². The van der Waals surface area contributed by atoms with Gasteiger partial charge < -0.3 is 0 Å². The zero-order valence-electron chi connectivity index (χ0n) is 7.32. The van der Waals surface area contributed by atoms with Crippen molar-refractivity contribution in [2.24, 2.45) is 5.10 Å². The normalized spacial score (nSPS) is 14.9. The number of hydrazone groups is 1. The maximum absolute atomic E-state index is 6.05. The third kappa shape index (κ3) is 1.76. The van der Waals surface area contributed by atoms with E-state index in [4.69, 9.17) is 23.2 Å². The molecule has 0 saturated carbocycles. The van der Waals surface area contributed by atoms with Crippen molar-refractivity contribution in [2.75, 3.05) is 5.01 Å². The molecule has 2 rings (SSSR count). The molecule has 0 aliphatic carbocycles. The molecule has 72 valence electrons. The van der Waals surface area contributed by atoms with E-state index in [9.17, 15) is 0 Å². The highest BCUT2D eigenvalue weighted by Gasteiger charge is 2.09. The molecular formula is C10H8Cl2N2. The molecule has 14 heavy (non-hydrogen) atoms. The molecule has 0 atom stereocenters. The first-order chi connectivity index (χ1) is 6.79. The van der Waals surface area contributed by atoms with Gasteiger partial charge in [0.15, 0.2) is 0 Å². The van der Waals surface area contributed by atoms with Crippen molar-refractivity contribution in [1.29, 1.82) is 0 Å². The molecule has 0 aromatic heterocycles. The van der Waals surface area contributed by atoms with Crippen LogP contribution in [0.5, 0.6) is 0 Å². The fourth-order valence-corrected chi connectivity index (χ4v) is 1.59. The predicted molar refractivity (Wildman–Crippen MR) is 61.2 cm³/mol. The number of rotatable bonds is 1. The van der Waals surface area contributed by atoms with Gasteiger partial charge in [-0.3, -0.25) is 0 Å². The van der Waals surface area contributed by atoms with E-state index in [1.54, 1.807) is 11.1 Å². The molecule has 0 fully saturated rings. The highest BCUT2D eigenvalue weighted by Crippen LogP contribution is 2.33. The fourth-order valence-electron chi connectivity index (χ4n) is 1.21. The lowest BCUT2D eigenvalue weighted by Crippen LogP contribution is -2.10. The van der Waals surface area contributed by atoms with E-state index in [2.05, 4.69) is 5.10 Å². The summed E-state index contributed by atoms with van der Waals surface area (Å²) in [6, 6.07) is 5.48. The summed E-state index contributed by atoms with van der Waals surface area (Å²) < 4.78 is 0. The molecule has 0 N–H and O–H groups in total. The van der Waals surface area contributed by atoms with Crippen LogP contribution >= 0.6 is 23.2 Å². The van der Waals surface area contributed by atoms with E-state index >= 15 is 0 Å². The Balaban J connectivity index is 2.40. The maximum Gasteiger partial charge on any atom is 0.0849 e. The van der Waals surface area contributed by atoms with Gasteiger partial charge in [-0.2, -0.15) is 5.10 Å².